The molecule has 1 saturated carbocycles. The second-order valence-electron chi connectivity index (χ2n) is 9.30. The van der Waals surface area contributed by atoms with E-state index in [1.165, 1.54) is 5.57 Å². The van der Waals surface area contributed by atoms with Crippen molar-refractivity contribution in [3.63, 3.8) is 0 Å². The molecule has 5 aliphatic heterocycles. The molecule has 3 saturated heterocycles. The number of hydrogen-bond donors (Lipinski definition) is 2. The predicted octanol–water partition coefficient (Wildman–Crippen LogP) is 0.496. The minimum Gasteiger partial charge on any atom is -0.595 e. The molecule has 6 aliphatic rings. The van der Waals surface area contributed by atoms with Crippen LogP contribution in [0.3, 0.4) is 0 Å². The molecule has 7 nitrogen and oxygen atoms in total. The van der Waals surface area contributed by atoms with Crippen molar-refractivity contribution in [2.45, 2.75) is 42.9 Å². The molecule has 2 bridgehead atoms. The van der Waals surface area contributed by atoms with Gasteiger partial charge in [-0.1, -0.05) is 11.6 Å². The van der Waals surface area contributed by atoms with Crippen molar-refractivity contribution >= 4 is 17.3 Å². The number of benzene rings is 1. The van der Waals surface area contributed by atoms with Crippen molar-refractivity contribution in [1.82, 2.24) is 4.90 Å². The fraction of sp³-hybridized carbons (Fsp3) is 0.571. The summed E-state index contributed by atoms with van der Waals surface area (Å²) in [6.07, 6.45) is 4.77. The van der Waals surface area contributed by atoms with Gasteiger partial charge in [-0.05, 0) is 36.9 Å². The van der Waals surface area contributed by atoms with Gasteiger partial charge in [-0.2, -0.15) is 5.23 Å². The first-order valence-electron chi connectivity index (χ1n) is 10.3. The van der Waals surface area contributed by atoms with Gasteiger partial charge in [0.05, 0.1) is 25.2 Å². The first-order valence-corrected chi connectivity index (χ1v) is 10.3. The largest absolute Gasteiger partial charge is 0.595 e. The van der Waals surface area contributed by atoms with Gasteiger partial charge in [0, 0.05) is 41.7 Å². The number of ether oxygens (including phenoxy) is 1. The lowest BCUT2D eigenvalue weighted by Crippen LogP contribution is -2.99. The standard InChI is InChI=1S/C21H23N3O4/c25-18-9-16-19-13-8-17-21(4-5-22(17)10-11(13)3-6-28-16)14-7-12(24(26)27)1-2-15(14)23(18)20(19)21/h1-3,7,13,16-17,19-20,24,26H,4-6,8-10H2/t13-,16-,17+,19-,20-,21+/m0/s1. The molecule has 1 amide bonds. The van der Waals surface area contributed by atoms with E-state index in [-0.39, 0.29) is 23.5 Å². The summed E-state index contributed by atoms with van der Waals surface area (Å²) >= 11 is 0. The third-order valence-corrected chi connectivity index (χ3v) is 8.56. The zero-order valence-corrected chi connectivity index (χ0v) is 15.5. The second kappa shape index (κ2) is 5.04. The minimum absolute atomic E-state index is 0.0225. The average Bonchev–Trinajstić information content (AvgIpc) is 3.15. The fourth-order valence-corrected chi connectivity index (χ4v) is 7.68. The van der Waals surface area contributed by atoms with E-state index in [0.717, 1.165) is 37.2 Å². The van der Waals surface area contributed by atoms with Crippen LogP contribution in [0, 0.1) is 17.0 Å². The number of nitrogens with one attached hydrogen (secondary N) is 1. The summed E-state index contributed by atoms with van der Waals surface area (Å²) in [4.78, 5) is 17.9. The third-order valence-electron chi connectivity index (χ3n) is 8.56. The Morgan fingerprint density at radius 2 is 2.25 bits per heavy atom. The maximum Gasteiger partial charge on any atom is 0.229 e. The molecule has 1 aromatic carbocycles. The molecule has 7 heteroatoms. The van der Waals surface area contributed by atoms with E-state index < -0.39 is 5.23 Å². The van der Waals surface area contributed by atoms with E-state index in [9.17, 15) is 15.2 Å². The van der Waals surface area contributed by atoms with Crippen LogP contribution in [0.15, 0.2) is 29.8 Å². The number of carbonyl (C=O) groups excluding carboxylic acids is 1. The molecule has 1 aromatic rings. The molecular formula is C21H23N3O4. The lowest BCUT2D eigenvalue weighted by Gasteiger charge is -2.58. The van der Waals surface area contributed by atoms with Crippen LogP contribution in [0.5, 0.6) is 0 Å². The van der Waals surface area contributed by atoms with Crippen LogP contribution in [0.1, 0.15) is 24.8 Å². The number of quaternary nitrogens is 1. The molecule has 2 N–H and O–H groups in total. The van der Waals surface area contributed by atoms with E-state index in [1.807, 2.05) is 17.0 Å². The monoisotopic (exact) mass is 381 g/mol. The maximum atomic E-state index is 13.3. The number of nitrogens with zero attached hydrogens (tertiary/aromatic N) is 2. The Bertz CT molecular complexity index is 946. The van der Waals surface area contributed by atoms with Crippen molar-refractivity contribution in [3.8, 4) is 0 Å². The molecule has 0 aromatic heterocycles. The Morgan fingerprint density at radius 3 is 3.11 bits per heavy atom. The molecular weight excluding hydrogens is 358 g/mol. The molecule has 7 rings (SSSR count). The van der Waals surface area contributed by atoms with Crippen LogP contribution in [-0.2, 0) is 14.9 Å². The first-order chi connectivity index (χ1) is 13.6. The van der Waals surface area contributed by atoms with Gasteiger partial charge in [-0.25, -0.2) is 5.21 Å². The highest BCUT2D eigenvalue weighted by Gasteiger charge is 2.71. The van der Waals surface area contributed by atoms with Gasteiger partial charge in [-0.3, -0.25) is 9.69 Å². The van der Waals surface area contributed by atoms with E-state index in [1.54, 1.807) is 6.07 Å². The van der Waals surface area contributed by atoms with Crippen LogP contribution in [0.25, 0.3) is 0 Å². The van der Waals surface area contributed by atoms with E-state index in [0.29, 0.717) is 36.6 Å². The Kier molecular flexibility index (Phi) is 2.89. The molecule has 4 fully saturated rings. The number of hydrogen-bond acceptors (Lipinski definition) is 5. The van der Waals surface area contributed by atoms with Crippen molar-refractivity contribution in [1.29, 1.82) is 0 Å². The highest BCUT2D eigenvalue weighted by atomic mass is 16.8. The van der Waals surface area contributed by atoms with Gasteiger partial charge in [0.25, 0.3) is 0 Å². The van der Waals surface area contributed by atoms with Crippen LogP contribution in [0.2, 0.25) is 0 Å². The summed E-state index contributed by atoms with van der Waals surface area (Å²) in [5.41, 5.74) is 3.70. The first kappa shape index (κ1) is 16.1. The van der Waals surface area contributed by atoms with Gasteiger partial charge in [-0.15, -0.1) is 0 Å². The summed E-state index contributed by atoms with van der Waals surface area (Å²) in [7, 11) is 0. The second-order valence-corrected chi connectivity index (χ2v) is 9.30. The minimum atomic E-state index is -0.900. The molecule has 1 aliphatic carbocycles. The van der Waals surface area contributed by atoms with Crippen molar-refractivity contribution < 1.29 is 20.0 Å². The normalized spacial score (nSPS) is 43.5. The van der Waals surface area contributed by atoms with E-state index in [4.69, 9.17) is 4.74 Å². The molecule has 146 valence electrons. The third kappa shape index (κ3) is 1.64. The highest BCUT2D eigenvalue weighted by molar-refractivity contribution is 5.99. The summed E-state index contributed by atoms with van der Waals surface area (Å²) in [5, 5.41) is 20.4. The average molecular weight is 381 g/mol. The Hall–Kier alpha value is -1.77. The molecule has 7 atom stereocenters. The maximum absolute atomic E-state index is 13.3. The number of amides is 1. The van der Waals surface area contributed by atoms with Gasteiger partial charge >= 0.3 is 0 Å². The van der Waals surface area contributed by atoms with Crippen LogP contribution < -0.4 is 10.1 Å². The van der Waals surface area contributed by atoms with Gasteiger partial charge < -0.3 is 14.8 Å². The smallest absolute Gasteiger partial charge is 0.229 e. The fourth-order valence-electron chi connectivity index (χ4n) is 7.68. The van der Waals surface area contributed by atoms with Crippen molar-refractivity contribution in [2.24, 2.45) is 11.8 Å². The van der Waals surface area contributed by atoms with E-state index >= 15 is 0 Å². The predicted molar refractivity (Wildman–Crippen MR) is 99.2 cm³/mol. The van der Waals surface area contributed by atoms with Gasteiger partial charge in [0.1, 0.15) is 0 Å². The van der Waals surface area contributed by atoms with Crippen molar-refractivity contribution in [3.05, 3.63) is 40.6 Å². The molecule has 0 radical (unpaired) electrons. The Balaban J connectivity index is 1.51. The van der Waals surface area contributed by atoms with Crippen LogP contribution in [0.4, 0.5) is 11.4 Å². The topological polar surface area (TPSA) is 80.5 Å². The van der Waals surface area contributed by atoms with Gasteiger partial charge in [0.2, 0.25) is 5.91 Å². The summed E-state index contributed by atoms with van der Waals surface area (Å²) in [6.45, 7) is 2.62. The lowest BCUT2D eigenvalue weighted by atomic mass is 9.53. The zero-order chi connectivity index (χ0) is 18.8. The number of rotatable bonds is 1. The Morgan fingerprint density at radius 1 is 1.36 bits per heavy atom. The van der Waals surface area contributed by atoms with E-state index in [2.05, 4.69) is 11.0 Å². The zero-order valence-electron chi connectivity index (χ0n) is 15.5. The van der Waals surface area contributed by atoms with Crippen LogP contribution >= 0.6 is 0 Å². The number of anilines is 1. The highest BCUT2D eigenvalue weighted by Crippen LogP contribution is 2.65. The quantitative estimate of drug-likeness (QED) is 0.547. The summed E-state index contributed by atoms with van der Waals surface area (Å²) < 4.78 is 6.22. The summed E-state index contributed by atoms with van der Waals surface area (Å²) in [5.74, 6) is 0.923. The Labute approximate surface area is 162 Å². The molecule has 1 spiro atoms. The number of carbonyl (C=O) groups is 1. The number of fused-ring (bicyclic) bond motifs is 2. The van der Waals surface area contributed by atoms with Crippen LogP contribution in [-0.4, -0.2) is 53.9 Å². The lowest BCUT2D eigenvalue weighted by molar-refractivity contribution is -0.991. The molecule has 5 heterocycles. The summed E-state index contributed by atoms with van der Waals surface area (Å²) in [6, 6.07) is 5.87. The molecule has 1 unspecified atom stereocenters. The van der Waals surface area contributed by atoms with Gasteiger partial charge in [0.15, 0.2) is 5.69 Å². The molecule has 28 heavy (non-hydrogen) atoms. The SMILES string of the molecule is O=C1C[C@@H]2OCC=C3CN4CC[C@]56c7cc([NH+]([O-])O)ccc7N1[C@H]5[C@H]2[C@H]3C[C@@H]46. The van der Waals surface area contributed by atoms with Crippen molar-refractivity contribution in [2.75, 3.05) is 24.6 Å². The number of piperidine rings is 2.